The van der Waals surface area contributed by atoms with Gasteiger partial charge in [0.05, 0.1) is 23.9 Å². The highest BCUT2D eigenvalue weighted by atomic mass is 16.5. The number of methoxy groups -OCH3 is 1. The van der Waals surface area contributed by atoms with E-state index in [4.69, 9.17) is 4.74 Å². The fourth-order valence-electron chi connectivity index (χ4n) is 2.83. The van der Waals surface area contributed by atoms with Crippen molar-refractivity contribution in [3.8, 4) is 0 Å². The number of rotatable bonds is 5. The molecule has 2 N–H and O–H groups in total. The number of nitrogens with one attached hydrogen (secondary N) is 2. The van der Waals surface area contributed by atoms with Gasteiger partial charge < -0.3 is 15.4 Å². The minimum atomic E-state index is -0.392. The summed E-state index contributed by atoms with van der Waals surface area (Å²) in [6.45, 7) is 0. The Bertz CT molecular complexity index is 1140. The first-order chi connectivity index (χ1) is 13.7. The molecule has 0 unspecified atom stereocenters. The predicted molar refractivity (Wildman–Crippen MR) is 108 cm³/mol. The van der Waals surface area contributed by atoms with Gasteiger partial charge in [-0.15, -0.1) is 0 Å². The summed E-state index contributed by atoms with van der Waals surface area (Å²) in [6, 6.07) is 18.6. The van der Waals surface area contributed by atoms with E-state index in [0.29, 0.717) is 17.2 Å². The molecular weight excluding hydrogens is 354 g/mol. The molecule has 138 valence electrons. The normalized spacial score (nSPS) is 10.5. The average molecular weight is 371 g/mol. The summed E-state index contributed by atoms with van der Waals surface area (Å²) >= 11 is 0. The molecule has 2 aromatic carbocycles. The largest absolute Gasteiger partial charge is 0.465 e. The lowest BCUT2D eigenvalue weighted by molar-refractivity contribution is 0.0601. The van der Waals surface area contributed by atoms with Crippen LogP contribution >= 0.6 is 0 Å². The number of aromatic nitrogens is 3. The Labute approximate surface area is 161 Å². The number of carbonyl (C=O) groups excluding carboxylic acids is 1. The minimum Gasteiger partial charge on any atom is -0.465 e. The molecule has 4 aromatic rings. The SMILES string of the molecule is COC(=O)c1cccc(Nc2cc(Nc3cccc4cccnc34)ncn2)c1. The van der Waals surface area contributed by atoms with E-state index in [-0.39, 0.29) is 0 Å². The molecule has 0 amide bonds. The zero-order valence-electron chi connectivity index (χ0n) is 15.1. The second kappa shape index (κ2) is 7.71. The Morgan fingerprint density at radius 1 is 0.893 bits per heavy atom. The molecule has 0 atom stereocenters. The van der Waals surface area contributed by atoms with Crippen molar-refractivity contribution in [1.82, 2.24) is 15.0 Å². The molecule has 0 saturated heterocycles. The second-order valence-corrected chi connectivity index (χ2v) is 5.99. The van der Waals surface area contributed by atoms with Crippen LogP contribution in [-0.2, 0) is 4.74 Å². The fraction of sp³-hybridized carbons (Fsp3) is 0.0476. The van der Waals surface area contributed by atoms with Crippen LogP contribution in [0.5, 0.6) is 0 Å². The van der Waals surface area contributed by atoms with E-state index in [1.807, 2.05) is 36.4 Å². The molecule has 0 fully saturated rings. The van der Waals surface area contributed by atoms with Crippen molar-refractivity contribution < 1.29 is 9.53 Å². The zero-order chi connectivity index (χ0) is 19.3. The van der Waals surface area contributed by atoms with Gasteiger partial charge in [-0.3, -0.25) is 4.98 Å². The number of para-hydroxylation sites is 1. The molecule has 4 rings (SSSR count). The van der Waals surface area contributed by atoms with Crippen LogP contribution in [0.1, 0.15) is 10.4 Å². The molecule has 7 heteroatoms. The number of benzene rings is 2. The number of hydrogen-bond donors (Lipinski definition) is 2. The lowest BCUT2D eigenvalue weighted by atomic mass is 10.2. The van der Waals surface area contributed by atoms with Crippen molar-refractivity contribution in [2.24, 2.45) is 0 Å². The number of ether oxygens (including phenoxy) is 1. The third kappa shape index (κ3) is 3.73. The van der Waals surface area contributed by atoms with Crippen LogP contribution < -0.4 is 10.6 Å². The van der Waals surface area contributed by atoms with Crippen molar-refractivity contribution in [2.75, 3.05) is 17.7 Å². The van der Waals surface area contributed by atoms with Crippen molar-refractivity contribution >= 4 is 39.9 Å². The molecule has 2 heterocycles. The summed E-state index contributed by atoms with van der Waals surface area (Å²) in [5, 5.41) is 7.50. The Morgan fingerprint density at radius 3 is 2.54 bits per heavy atom. The molecule has 0 saturated carbocycles. The first-order valence-corrected chi connectivity index (χ1v) is 8.61. The number of anilines is 4. The number of nitrogens with zero attached hydrogens (tertiary/aromatic N) is 3. The van der Waals surface area contributed by atoms with E-state index in [2.05, 4.69) is 25.6 Å². The fourth-order valence-corrected chi connectivity index (χ4v) is 2.83. The van der Waals surface area contributed by atoms with Gasteiger partial charge in [0.25, 0.3) is 0 Å². The summed E-state index contributed by atoms with van der Waals surface area (Å²) in [5.41, 5.74) is 2.90. The molecule has 0 bridgehead atoms. The summed E-state index contributed by atoms with van der Waals surface area (Å²) in [7, 11) is 1.35. The number of esters is 1. The molecule has 7 nitrogen and oxygen atoms in total. The van der Waals surface area contributed by atoms with Crippen LogP contribution in [0.15, 0.2) is 73.2 Å². The highest BCUT2D eigenvalue weighted by molar-refractivity contribution is 5.92. The van der Waals surface area contributed by atoms with E-state index < -0.39 is 5.97 Å². The van der Waals surface area contributed by atoms with Crippen molar-refractivity contribution in [2.45, 2.75) is 0 Å². The topological polar surface area (TPSA) is 89.0 Å². The minimum absolute atomic E-state index is 0.392. The highest BCUT2D eigenvalue weighted by Gasteiger charge is 2.07. The van der Waals surface area contributed by atoms with Crippen molar-refractivity contribution in [3.63, 3.8) is 0 Å². The number of hydrogen-bond acceptors (Lipinski definition) is 7. The Morgan fingerprint density at radius 2 is 1.68 bits per heavy atom. The molecule has 0 aliphatic carbocycles. The average Bonchev–Trinajstić information content (AvgIpc) is 2.74. The van der Waals surface area contributed by atoms with Crippen LogP contribution in [-0.4, -0.2) is 28.0 Å². The lowest BCUT2D eigenvalue weighted by Gasteiger charge is -2.10. The van der Waals surface area contributed by atoms with Crippen LogP contribution in [0.2, 0.25) is 0 Å². The summed E-state index contributed by atoms with van der Waals surface area (Å²) in [4.78, 5) is 24.6. The van der Waals surface area contributed by atoms with Gasteiger partial charge in [0.1, 0.15) is 18.0 Å². The summed E-state index contributed by atoms with van der Waals surface area (Å²) < 4.78 is 4.75. The maximum Gasteiger partial charge on any atom is 0.337 e. The third-order valence-corrected chi connectivity index (χ3v) is 4.12. The Balaban J connectivity index is 1.57. The van der Waals surface area contributed by atoms with Crippen LogP contribution in [0.3, 0.4) is 0 Å². The standard InChI is InChI=1S/C21H17N5O2/c1-28-21(27)15-6-2-8-16(11-15)25-18-12-19(24-13-23-18)26-17-9-3-5-14-7-4-10-22-20(14)17/h2-13H,1H3,(H2,23,24,25,26). The lowest BCUT2D eigenvalue weighted by Crippen LogP contribution is -2.03. The first-order valence-electron chi connectivity index (χ1n) is 8.61. The van der Waals surface area contributed by atoms with Gasteiger partial charge in [0, 0.05) is 23.3 Å². The van der Waals surface area contributed by atoms with E-state index in [1.165, 1.54) is 13.4 Å². The predicted octanol–water partition coefficient (Wildman–Crippen LogP) is 4.30. The van der Waals surface area contributed by atoms with Crippen LogP contribution in [0.4, 0.5) is 23.0 Å². The number of carbonyl (C=O) groups is 1. The second-order valence-electron chi connectivity index (χ2n) is 5.99. The molecule has 0 aliphatic heterocycles. The van der Waals surface area contributed by atoms with E-state index in [1.54, 1.807) is 30.5 Å². The number of pyridine rings is 1. The van der Waals surface area contributed by atoms with Gasteiger partial charge >= 0.3 is 5.97 Å². The smallest absolute Gasteiger partial charge is 0.337 e. The van der Waals surface area contributed by atoms with E-state index >= 15 is 0 Å². The van der Waals surface area contributed by atoms with Crippen LogP contribution in [0.25, 0.3) is 10.9 Å². The zero-order valence-corrected chi connectivity index (χ0v) is 15.1. The van der Waals surface area contributed by atoms with Crippen LogP contribution in [0, 0.1) is 0 Å². The molecule has 0 aliphatic rings. The third-order valence-electron chi connectivity index (χ3n) is 4.12. The number of fused-ring (bicyclic) bond motifs is 1. The quantitative estimate of drug-likeness (QED) is 0.506. The van der Waals surface area contributed by atoms with Gasteiger partial charge in [-0.05, 0) is 30.3 Å². The van der Waals surface area contributed by atoms with E-state index in [9.17, 15) is 4.79 Å². The van der Waals surface area contributed by atoms with Crippen molar-refractivity contribution in [3.05, 3.63) is 78.8 Å². The van der Waals surface area contributed by atoms with Crippen molar-refractivity contribution in [1.29, 1.82) is 0 Å². The summed E-state index contributed by atoms with van der Waals surface area (Å²) in [6.07, 6.45) is 3.22. The molecule has 0 radical (unpaired) electrons. The highest BCUT2D eigenvalue weighted by Crippen LogP contribution is 2.25. The summed E-state index contributed by atoms with van der Waals surface area (Å²) in [5.74, 6) is 0.824. The van der Waals surface area contributed by atoms with Gasteiger partial charge in [0.15, 0.2) is 0 Å². The molecule has 2 aromatic heterocycles. The van der Waals surface area contributed by atoms with E-state index in [0.717, 1.165) is 22.3 Å². The van der Waals surface area contributed by atoms with Gasteiger partial charge in [-0.2, -0.15) is 0 Å². The molecule has 28 heavy (non-hydrogen) atoms. The van der Waals surface area contributed by atoms with Gasteiger partial charge in [-0.1, -0.05) is 24.3 Å². The first kappa shape index (κ1) is 17.4. The molecule has 0 spiro atoms. The maximum atomic E-state index is 11.7. The van der Waals surface area contributed by atoms with Gasteiger partial charge in [-0.25, -0.2) is 14.8 Å². The Hall–Kier alpha value is -4.00. The Kier molecular flexibility index (Phi) is 4.79. The van der Waals surface area contributed by atoms with Gasteiger partial charge in [0.2, 0.25) is 0 Å². The monoisotopic (exact) mass is 371 g/mol. The molecular formula is C21H17N5O2. The maximum absolute atomic E-state index is 11.7.